The van der Waals surface area contributed by atoms with Crippen molar-refractivity contribution >= 4 is 11.8 Å². The lowest BCUT2D eigenvalue weighted by atomic mass is 10.2. The molecule has 4 N–H and O–H groups in total. The molecule has 0 unspecified atom stereocenters. The Kier molecular flexibility index (Phi) is 4.11. The van der Waals surface area contributed by atoms with Crippen LogP contribution in [0.25, 0.3) is 0 Å². The minimum atomic E-state index is -1.02. The number of nitrogens with one attached hydrogen (secondary N) is 1. The second kappa shape index (κ2) is 5.35. The zero-order valence-electron chi connectivity index (χ0n) is 8.73. The van der Waals surface area contributed by atoms with E-state index in [1.165, 1.54) is 11.2 Å². The van der Waals surface area contributed by atoms with Crippen LogP contribution >= 0.6 is 0 Å². The number of H-pyrrole nitrogens is 1. The maximum atomic E-state index is 10.8. The smallest absolute Gasteiger partial charge is 0.341 e. The van der Waals surface area contributed by atoms with Crippen molar-refractivity contribution in [3.8, 4) is 0 Å². The Morgan fingerprint density at radius 3 is 3.00 bits per heavy atom. The van der Waals surface area contributed by atoms with Gasteiger partial charge in [-0.3, -0.25) is 10.1 Å². The summed E-state index contributed by atoms with van der Waals surface area (Å²) in [4.78, 5) is 10.8. The molecule has 15 heavy (non-hydrogen) atoms. The van der Waals surface area contributed by atoms with Gasteiger partial charge in [0.1, 0.15) is 5.56 Å². The summed E-state index contributed by atoms with van der Waals surface area (Å²) in [6, 6.07) is 0. The highest BCUT2D eigenvalue weighted by atomic mass is 16.4. The molecule has 1 heterocycles. The molecule has 0 aromatic carbocycles. The number of carboxylic acid groups (broad SMARTS) is 1. The molecule has 1 aromatic rings. The second-order valence-corrected chi connectivity index (χ2v) is 3.34. The van der Waals surface area contributed by atoms with Crippen LogP contribution in [-0.2, 0) is 0 Å². The molecule has 0 aliphatic carbocycles. The third kappa shape index (κ3) is 2.95. The summed E-state index contributed by atoms with van der Waals surface area (Å²) >= 11 is 0. The van der Waals surface area contributed by atoms with Gasteiger partial charge < -0.3 is 5.11 Å². The third-order valence-electron chi connectivity index (χ3n) is 2.14. The maximum absolute atomic E-state index is 10.8. The molecule has 84 valence electrons. The number of hydrogen-bond donors (Lipinski definition) is 3. The van der Waals surface area contributed by atoms with Crippen LogP contribution in [0, 0.1) is 0 Å². The van der Waals surface area contributed by atoms with Gasteiger partial charge in [-0.05, 0) is 6.42 Å². The van der Waals surface area contributed by atoms with Crippen LogP contribution in [0.1, 0.15) is 36.5 Å². The van der Waals surface area contributed by atoms with Gasteiger partial charge in [-0.25, -0.2) is 10.6 Å². The van der Waals surface area contributed by atoms with Crippen LogP contribution in [0.5, 0.6) is 0 Å². The van der Waals surface area contributed by atoms with Crippen molar-refractivity contribution in [2.24, 2.45) is 5.84 Å². The molecular weight excluding hydrogens is 196 g/mol. The Bertz CT molecular complexity index is 324. The van der Waals surface area contributed by atoms with Crippen molar-refractivity contribution in [2.45, 2.75) is 26.2 Å². The molecule has 0 spiro atoms. The van der Waals surface area contributed by atoms with Crippen LogP contribution in [0.2, 0.25) is 0 Å². The van der Waals surface area contributed by atoms with Crippen LogP contribution in [-0.4, -0.2) is 27.8 Å². The van der Waals surface area contributed by atoms with E-state index in [4.69, 9.17) is 10.9 Å². The molecule has 0 atom stereocenters. The highest BCUT2D eigenvalue weighted by Crippen LogP contribution is 2.14. The van der Waals surface area contributed by atoms with E-state index in [-0.39, 0.29) is 5.56 Å². The number of aromatic nitrogens is 2. The predicted octanol–water partition coefficient (Wildman–Crippen LogP) is 0.978. The maximum Gasteiger partial charge on any atom is 0.341 e. The van der Waals surface area contributed by atoms with E-state index in [9.17, 15) is 4.79 Å². The lowest BCUT2D eigenvalue weighted by Crippen LogP contribution is -2.33. The van der Waals surface area contributed by atoms with E-state index in [1.54, 1.807) is 0 Å². The number of unbranched alkanes of at least 4 members (excludes halogenated alkanes) is 2. The van der Waals surface area contributed by atoms with Crippen molar-refractivity contribution in [3.05, 3.63) is 11.8 Å². The number of aromatic carboxylic acids is 1. The van der Waals surface area contributed by atoms with Crippen LogP contribution in [0.15, 0.2) is 6.20 Å². The number of hydrogen-bond acceptors (Lipinski definition) is 4. The standard InChI is InChI=1S/C9H16N4O2/c1-2-3-4-5-13(10)8-7(9(14)15)6-11-12-8/h6H,2-5,10H2,1H3,(H,11,12)(H,14,15). The van der Waals surface area contributed by atoms with E-state index in [0.717, 1.165) is 19.3 Å². The van der Waals surface area contributed by atoms with E-state index in [1.807, 2.05) is 0 Å². The first kappa shape index (κ1) is 11.5. The minimum Gasteiger partial charge on any atom is -0.477 e. The molecule has 0 aliphatic rings. The van der Waals surface area contributed by atoms with Crippen molar-refractivity contribution < 1.29 is 9.90 Å². The molecule has 0 saturated heterocycles. The first-order chi connectivity index (χ1) is 7.16. The Balaban J connectivity index is 2.60. The predicted molar refractivity (Wildman–Crippen MR) is 56.6 cm³/mol. The number of carboxylic acids is 1. The summed E-state index contributed by atoms with van der Waals surface area (Å²) in [6.07, 6.45) is 4.37. The molecule has 6 heteroatoms. The van der Waals surface area contributed by atoms with Crippen LogP contribution in [0.4, 0.5) is 5.82 Å². The number of hydrazine groups is 1. The largest absolute Gasteiger partial charge is 0.477 e. The number of nitrogens with two attached hydrogens (primary N) is 1. The van der Waals surface area contributed by atoms with E-state index >= 15 is 0 Å². The summed E-state index contributed by atoms with van der Waals surface area (Å²) in [7, 11) is 0. The van der Waals surface area contributed by atoms with Crippen molar-refractivity contribution in [1.29, 1.82) is 0 Å². The lowest BCUT2D eigenvalue weighted by Gasteiger charge is -2.16. The van der Waals surface area contributed by atoms with Gasteiger partial charge in [0.15, 0.2) is 5.82 Å². The number of aromatic amines is 1. The Hall–Kier alpha value is -1.56. The van der Waals surface area contributed by atoms with E-state index in [2.05, 4.69) is 17.1 Å². The molecule has 0 aliphatic heterocycles. The molecule has 0 amide bonds. The normalized spacial score (nSPS) is 10.3. The molecule has 1 rings (SSSR count). The second-order valence-electron chi connectivity index (χ2n) is 3.34. The first-order valence-electron chi connectivity index (χ1n) is 4.95. The monoisotopic (exact) mass is 212 g/mol. The Morgan fingerprint density at radius 1 is 1.67 bits per heavy atom. The van der Waals surface area contributed by atoms with Gasteiger partial charge in [0.05, 0.1) is 6.20 Å². The summed E-state index contributed by atoms with van der Waals surface area (Å²) in [5.41, 5.74) is 0.106. The zero-order chi connectivity index (χ0) is 11.3. The van der Waals surface area contributed by atoms with Gasteiger partial charge in [-0.1, -0.05) is 19.8 Å². The van der Waals surface area contributed by atoms with Crippen LogP contribution < -0.4 is 10.9 Å². The van der Waals surface area contributed by atoms with Gasteiger partial charge in [-0.2, -0.15) is 5.10 Å². The highest BCUT2D eigenvalue weighted by Gasteiger charge is 2.15. The lowest BCUT2D eigenvalue weighted by molar-refractivity contribution is 0.0697. The van der Waals surface area contributed by atoms with Gasteiger partial charge in [0, 0.05) is 6.54 Å². The topological polar surface area (TPSA) is 95.2 Å². The van der Waals surface area contributed by atoms with Crippen molar-refractivity contribution in [2.75, 3.05) is 11.6 Å². The summed E-state index contributed by atoms with van der Waals surface area (Å²) in [5, 5.41) is 16.5. The number of carbonyl (C=O) groups is 1. The van der Waals surface area contributed by atoms with Crippen LogP contribution in [0.3, 0.4) is 0 Å². The zero-order valence-corrected chi connectivity index (χ0v) is 8.73. The average Bonchev–Trinajstić information content (AvgIpc) is 2.66. The van der Waals surface area contributed by atoms with Crippen molar-refractivity contribution in [3.63, 3.8) is 0 Å². The van der Waals surface area contributed by atoms with Crippen molar-refractivity contribution in [1.82, 2.24) is 10.2 Å². The quantitative estimate of drug-likeness (QED) is 0.371. The number of anilines is 1. The highest BCUT2D eigenvalue weighted by molar-refractivity contribution is 5.92. The average molecular weight is 212 g/mol. The Morgan fingerprint density at radius 2 is 2.40 bits per heavy atom. The van der Waals surface area contributed by atoms with E-state index < -0.39 is 5.97 Å². The summed E-state index contributed by atoms with van der Waals surface area (Å²) < 4.78 is 0. The Labute approximate surface area is 88.0 Å². The fraction of sp³-hybridized carbons (Fsp3) is 0.556. The van der Waals surface area contributed by atoms with Gasteiger partial charge in [0.2, 0.25) is 0 Å². The number of nitrogens with zero attached hydrogens (tertiary/aromatic N) is 2. The first-order valence-corrected chi connectivity index (χ1v) is 4.95. The number of rotatable bonds is 6. The molecule has 0 fully saturated rings. The van der Waals surface area contributed by atoms with Gasteiger partial charge in [0.25, 0.3) is 0 Å². The molecule has 0 bridgehead atoms. The fourth-order valence-corrected chi connectivity index (χ4v) is 1.30. The molecule has 6 nitrogen and oxygen atoms in total. The molecular formula is C9H16N4O2. The van der Waals surface area contributed by atoms with E-state index in [0.29, 0.717) is 12.4 Å². The SMILES string of the molecule is CCCCCN(N)c1[nH]ncc1C(=O)O. The molecule has 1 aromatic heterocycles. The molecule has 0 saturated carbocycles. The summed E-state index contributed by atoms with van der Waals surface area (Å²) in [6.45, 7) is 2.72. The van der Waals surface area contributed by atoms with Gasteiger partial charge in [-0.15, -0.1) is 0 Å². The minimum absolute atomic E-state index is 0.106. The third-order valence-corrected chi connectivity index (χ3v) is 2.14. The van der Waals surface area contributed by atoms with Gasteiger partial charge >= 0.3 is 5.97 Å². The summed E-state index contributed by atoms with van der Waals surface area (Å²) in [5.74, 6) is 5.05. The fourth-order valence-electron chi connectivity index (χ4n) is 1.30. The molecule has 0 radical (unpaired) electrons.